The Balaban J connectivity index is 2.53. The fraction of sp³-hybridized carbons (Fsp3) is 0.667. The van der Waals surface area contributed by atoms with Crippen molar-refractivity contribution < 1.29 is 4.74 Å². The average Bonchev–Trinajstić information content (AvgIpc) is 2.45. The standard InChI is InChI=1S/C18H31NO/c1-7-14(3)19-13-15(4)20-17-11-9-16(10-12-17)18(5,6)8-2/h9-12,14-15,19H,7-8,13H2,1-6H3. The van der Waals surface area contributed by atoms with E-state index in [1.165, 1.54) is 5.56 Å². The first-order valence-corrected chi connectivity index (χ1v) is 7.89. The van der Waals surface area contributed by atoms with Crippen molar-refractivity contribution >= 4 is 0 Å². The van der Waals surface area contributed by atoms with E-state index in [1.54, 1.807) is 0 Å². The summed E-state index contributed by atoms with van der Waals surface area (Å²) in [4.78, 5) is 0. The van der Waals surface area contributed by atoms with E-state index < -0.39 is 0 Å². The van der Waals surface area contributed by atoms with Crippen LogP contribution in [0, 0.1) is 0 Å². The van der Waals surface area contributed by atoms with Crippen molar-refractivity contribution in [1.29, 1.82) is 0 Å². The van der Waals surface area contributed by atoms with E-state index in [2.05, 4.69) is 71.1 Å². The topological polar surface area (TPSA) is 21.3 Å². The van der Waals surface area contributed by atoms with Crippen LogP contribution < -0.4 is 10.1 Å². The van der Waals surface area contributed by atoms with Gasteiger partial charge in [0.15, 0.2) is 0 Å². The van der Waals surface area contributed by atoms with Gasteiger partial charge in [0, 0.05) is 12.6 Å². The first-order valence-electron chi connectivity index (χ1n) is 7.89. The van der Waals surface area contributed by atoms with E-state index in [0.29, 0.717) is 6.04 Å². The van der Waals surface area contributed by atoms with Gasteiger partial charge >= 0.3 is 0 Å². The molecule has 2 nitrogen and oxygen atoms in total. The van der Waals surface area contributed by atoms with Crippen molar-refractivity contribution in [2.45, 2.75) is 71.9 Å². The van der Waals surface area contributed by atoms with E-state index in [4.69, 9.17) is 4.74 Å². The van der Waals surface area contributed by atoms with E-state index in [-0.39, 0.29) is 11.5 Å². The molecule has 2 unspecified atom stereocenters. The summed E-state index contributed by atoms with van der Waals surface area (Å²) < 4.78 is 5.95. The fourth-order valence-corrected chi connectivity index (χ4v) is 1.97. The molecule has 0 saturated heterocycles. The third-order valence-electron chi connectivity index (χ3n) is 4.22. The average molecular weight is 277 g/mol. The molecule has 0 aliphatic rings. The Morgan fingerprint density at radius 2 is 1.70 bits per heavy atom. The highest BCUT2D eigenvalue weighted by Gasteiger charge is 2.17. The second-order valence-electron chi connectivity index (χ2n) is 6.41. The van der Waals surface area contributed by atoms with Crippen molar-refractivity contribution in [2.75, 3.05) is 6.54 Å². The largest absolute Gasteiger partial charge is 0.489 e. The molecule has 2 heteroatoms. The Labute approximate surface area is 124 Å². The number of hydrogen-bond donors (Lipinski definition) is 1. The van der Waals surface area contributed by atoms with Gasteiger partial charge in [0.2, 0.25) is 0 Å². The van der Waals surface area contributed by atoms with Crippen LogP contribution in [-0.2, 0) is 5.41 Å². The molecule has 0 saturated carbocycles. The molecule has 1 aromatic carbocycles. The van der Waals surface area contributed by atoms with Gasteiger partial charge in [-0.05, 0) is 49.8 Å². The van der Waals surface area contributed by atoms with Crippen LogP contribution in [0.3, 0.4) is 0 Å². The quantitative estimate of drug-likeness (QED) is 0.754. The molecule has 0 aromatic heterocycles. The Hall–Kier alpha value is -1.02. The van der Waals surface area contributed by atoms with Crippen LogP contribution >= 0.6 is 0 Å². The second kappa shape index (κ2) is 7.68. The summed E-state index contributed by atoms with van der Waals surface area (Å²) in [6, 6.07) is 9.11. The number of hydrogen-bond acceptors (Lipinski definition) is 2. The summed E-state index contributed by atoms with van der Waals surface area (Å²) in [5.41, 5.74) is 1.61. The van der Waals surface area contributed by atoms with Gasteiger partial charge in [-0.2, -0.15) is 0 Å². The first-order chi connectivity index (χ1) is 9.39. The van der Waals surface area contributed by atoms with Gasteiger partial charge in [0.1, 0.15) is 11.9 Å². The smallest absolute Gasteiger partial charge is 0.119 e. The molecule has 1 N–H and O–H groups in total. The van der Waals surface area contributed by atoms with E-state index in [9.17, 15) is 0 Å². The van der Waals surface area contributed by atoms with E-state index in [0.717, 1.165) is 25.1 Å². The maximum absolute atomic E-state index is 5.95. The molecule has 114 valence electrons. The van der Waals surface area contributed by atoms with Crippen molar-refractivity contribution in [2.24, 2.45) is 0 Å². The van der Waals surface area contributed by atoms with E-state index >= 15 is 0 Å². The van der Waals surface area contributed by atoms with Crippen LogP contribution in [0.2, 0.25) is 0 Å². The molecule has 0 amide bonds. The number of nitrogens with one attached hydrogen (secondary N) is 1. The molecule has 20 heavy (non-hydrogen) atoms. The SMILES string of the molecule is CCC(C)NCC(C)Oc1ccc(C(C)(C)CC)cc1. The fourth-order valence-electron chi connectivity index (χ4n) is 1.97. The third-order valence-corrected chi connectivity index (χ3v) is 4.22. The molecular weight excluding hydrogens is 246 g/mol. The zero-order valence-electron chi connectivity index (χ0n) is 14.0. The number of ether oxygens (including phenoxy) is 1. The molecule has 0 fully saturated rings. The van der Waals surface area contributed by atoms with Crippen LogP contribution in [0.4, 0.5) is 0 Å². The molecule has 0 radical (unpaired) electrons. The lowest BCUT2D eigenvalue weighted by atomic mass is 9.82. The second-order valence-corrected chi connectivity index (χ2v) is 6.41. The highest BCUT2D eigenvalue weighted by molar-refractivity contribution is 5.31. The summed E-state index contributed by atoms with van der Waals surface area (Å²) in [5, 5.41) is 3.47. The lowest BCUT2D eigenvalue weighted by molar-refractivity contribution is 0.212. The van der Waals surface area contributed by atoms with Crippen molar-refractivity contribution in [3.05, 3.63) is 29.8 Å². The molecule has 0 bridgehead atoms. The van der Waals surface area contributed by atoms with Gasteiger partial charge in [-0.15, -0.1) is 0 Å². The number of rotatable bonds is 8. The normalized spacial score (nSPS) is 14.9. The van der Waals surface area contributed by atoms with Crippen LogP contribution in [0.5, 0.6) is 5.75 Å². The molecule has 2 atom stereocenters. The van der Waals surface area contributed by atoms with Gasteiger partial charge in [-0.3, -0.25) is 0 Å². The maximum atomic E-state index is 5.95. The lowest BCUT2D eigenvalue weighted by Crippen LogP contribution is -2.34. The summed E-state index contributed by atoms with van der Waals surface area (Å²) >= 11 is 0. The van der Waals surface area contributed by atoms with Crippen LogP contribution in [0.1, 0.15) is 59.9 Å². The molecule has 0 heterocycles. The predicted octanol–water partition coefficient (Wildman–Crippen LogP) is 4.53. The van der Waals surface area contributed by atoms with Crippen LogP contribution in [0.25, 0.3) is 0 Å². The Morgan fingerprint density at radius 3 is 2.20 bits per heavy atom. The minimum Gasteiger partial charge on any atom is -0.489 e. The van der Waals surface area contributed by atoms with Crippen molar-refractivity contribution in [1.82, 2.24) is 5.32 Å². The molecule has 0 spiro atoms. The zero-order valence-corrected chi connectivity index (χ0v) is 14.0. The Kier molecular flexibility index (Phi) is 6.54. The monoisotopic (exact) mass is 277 g/mol. The molecule has 1 rings (SSSR count). The highest BCUT2D eigenvalue weighted by atomic mass is 16.5. The van der Waals surface area contributed by atoms with E-state index in [1.807, 2.05) is 0 Å². The van der Waals surface area contributed by atoms with Gasteiger partial charge in [-0.25, -0.2) is 0 Å². The minimum absolute atomic E-state index is 0.189. The summed E-state index contributed by atoms with van der Waals surface area (Å²) in [6.45, 7) is 14.2. The molecule has 1 aromatic rings. The number of benzene rings is 1. The lowest BCUT2D eigenvalue weighted by Gasteiger charge is -2.24. The van der Waals surface area contributed by atoms with Crippen molar-refractivity contribution in [3.63, 3.8) is 0 Å². The van der Waals surface area contributed by atoms with Gasteiger partial charge < -0.3 is 10.1 Å². The summed E-state index contributed by atoms with van der Waals surface area (Å²) in [5.74, 6) is 0.958. The van der Waals surface area contributed by atoms with Crippen LogP contribution in [-0.4, -0.2) is 18.7 Å². The molecular formula is C18H31NO. The highest BCUT2D eigenvalue weighted by Crippen LogP contribution is 2.28. The van der Waals surface area contributed by atoms with Gasteiger partial charge in [0.05, 0.1) is 0 Å². The minimum atomic E-state index is 0.189. The summed E-state index contributed by atoms with van der Waals surface area (Å²) in [7, 11) is 0. The van der Waals surface area contributed by atoms with Crippen LogP contribution in [0.15, 0.2) is 24.3 Å². The third kappa shape index (κ3) is 5.16. The van der Waals surface area contributed by atoms with Gasteiger partial charge in [0.25, 0.3) is 0 Å². The molecule has 0 aliphatic carbocycles. The summed E-state index contributed by atoms with van der Waals surface area (Å²) in [6.07, 6.45) is 2.48. The Morgan fingerprint density at radius 1 is 1.10 bits per heavy atom. The van der Waals surface area contributed by atoms with Gasteiger partial charge in [-0.1, -0.05) is 39.8 Å². The predicted molar refractivity (Wildman–Crippen MR) is 87.6 cm³/mol. The zero-order chi connectivity index (χ0) is 15.2. The Bertz CT molecular complexity index is 383. The first kappa shape index (κ1) is 17.0. The maximum Gasteiger partial charge on any atom is 0.119 e. The molecule has 0 aliphatic heterocycles. The van der Waals surface area contributed by atoms with Crippen molar-refractivity contribution in [3.8, 4) is 5.75 Å².